The second-order valence-corrected chi connectivity index (χ2v) is 9.00. The SMILES string of the molecule is O=C1NC2(CO1)CN(C(=O)N1CC3(CC(Cc4ccc(C(F)(F)F)nc4)C3)C1)C2. The van der Waals surface area contributed by atoms with E-state index in [-0.39, 0.29) is 11.4 Å². The van der Waals surface area contributed by atoms with Gasteiger partial charge in [0.05, 0.1) is 13.1 Å². The van der Waals surface area contributed by atoms with Crippen LogP contribution in [-0.4, -0.2) is 65.2 Å². The fraction of sp³-hybridized carbons (Fsp3) is 0.632. The van der Waals surface area contributed by atoms with Crippen LogP contribution >= 0.6 is 0 Å². The number of carbonyl (C=O) groups is 2. The van der Waals surface area contributed by atoms with Crippen molar-refractivity contribution in [2.45, 2.75) is 31.0 Å². The first kappa shape index (κ1) is 18.5. The van der Waals surface area contributed by atoms with Gasteiger partial charge in [-0.15, -0.1) is 0 Å². The molecule has 1 saturated carbocycles. The van der Waals surface area contributed by atoms with Gasteiger partial charge in [0, 0.05) is 24.7 Å². The van der Waals surface area contributed by atoms with E-state index in [0.29, 0.717) is 25.6 Å². The molecule has 5 rings (SSSR count). The van der Waals surface area contributed by atoms with E-state index < -0.39 is 23.5 Å². The summed E-state index contributed by atoms with van der Waals surface area (Å²) in [6.07, 6.45) is -0.848. The highest BCUT2D eigenvalue weighted by Crippen LogP contribution is 2.53. The van der Waals surface area contributed by atoms with Crippen molar-refractivity contribution >= 4 is 12.1 Å². The summed E-state index contributed by atoms with van der Waals surface area (Å²) in [4.78, 5) is 30.8. The number of nitrogens with zero attached hydrogens (tertiary/aromatic N) is 3. The van der Waals surface area contributed by atoms with Gasteiger partial charge in [0.15, 0.2) is 0 Å². The summed E-state index contributed by atoms with van der Waals surface area (Å²) in [5, 5.41) is 2.76. The Balaban J connectivity index is 1.06. The van der Waals surface area contributed by atoms with Gasteiger partial charge in [-0.3, -0.25) is 4.98 Å². The smallest absolute Gasteiger partial charge is 0.433 e. The number of pyridine rings is 1. The minimum absolute atomic E-state index is 0.00205. The highest BCUT2D eigenvalue weighted by molar-refractivity contribution is 5.78. The first-order valence-corrected chi connectivity index (χ1v) is 9.66. The molecular formula is C19H21F3N4O3. The van der Waals surface area contributed by atoms with Gasteiger partial charge in [-0.1, -0.05) is 6.07 Å². The molecule has 3 aliphatic heterocycles. The number of cyclic esters (lactones) is 1. The van der Waals surface area contributed by atoms with E-state index in [4.69, 9.17) is 4.74 Å². The second-order valence-electron chi connectivity index (χ2n) is 9.00. The van der Waals surface area contributed by atoms with E-state index in [1.54, 1.807) is 4.90 Å². The van der Waals surface area contributed by atoms with E-state index in [0.717, 1.165) is 44.0 Å². The molecule has 3 amide bonds. The summed E-state index contributed by atoms with van der Waals surface area (Å²) >= 11 is 0. The van der Waals surface area contributed by atoms with Crippen molar-refractivity contribution in [1.82, 2.24) is 20.1 Å². The topological polar surface area (TPSA) is 74.8 Å². The molecule has 4 heterocycles. The Bertz CT molecular complexity index is 837. The van der Waals surface area contributed by atoms with E-state index >= 15 is 0 Å². The molecule has 1 aliphatic carbocycles. The number of hydrogen-bond acceptors (Lipinski definition) is 4. The summed E-state index contributed by atoms with van der Waals surface area (Å²) in [6.45, 7) is 2.70. The molecule has 0 bridgehead atoms. The monoisotopic (exact) mass is 410 g/mol. The molecule has 0 unspecified atom stereocenters. The zero-order valence-electron chi connectivity index (χ0n) is 15.7. The Morgan fingerprint density at radius 1 is 1.21 bits per heavy atom. The van der Waals surface area contributed by atoms with E-state index in [2.05, 4.69) is 10.3 Å². The zero-order valence-corrected chi connectivity index (χ0v) is 15.7. The first-order valence-electron chi connectivity index (χ1n) is 9.66. The number of likely N-dealkylation sites (tertiary alicyclic amines) is 2. The summed E-state index contributed by atoms with van der Waals surface area (Å²) in [5.41, 5.74) is -0.299. The number of alkyl carbamates (subject to hydrolysis) is 1. The maximum atomic E-state index is 12.6. The Hall–Kier alpha value is -2.52. The van der Waals surface area contributed by atoms with Crippen molar-refractivity contribution in [2.24, 2.45) is 11.3 Å². The van der Waals surface area contributed by atoms with Crippen molar-refractivity contribution in [3.8, 4) is 0 Å². The average molecular weight is 410 g/mol. The number of hydrogen-bond donors (Lipinski definition) is 1. The number of nitrogens with one attached hydrogen (secondary N) is 1. The molecule has 4 fully saturated rings. The van der Waals surface area contributed by atoms with Gasteiger partial charge in [-0.25, -0.2) is 9.59 Å². The number of carbonyl (C=O) groups excluding carboxylic acids is 2. The lowest BCUT2D eigenvalue weighted by molar-refractivity contribution is -0.141. The van der Waals surface area contributed by atoms with E-state index in [1.165, 1.54) is 12.3 Å². The van der Waals surface area contributed by atoms with Gasteiger partial charge in [0.25, 0.3) is 0 Å². The number of amides is 3. The fourth-order valence-corrected chi connectivity index (χ4v) is 5.19. The second kappa shape index (κ2) is 5.99. The number of alkyl halides is 3. The highest BCUT2D eigenvalue weighted by atomic mass is 19.4. The number of ether oxygens (including phenoxy) is 1. The molecule has 1 N–H and O–H groups in total. The number of urea groups is 1. The Labute approximate surface area is 165 Å². The van der Waals surface area contributed by atoms with Crippen LogP contribution in [0.1, 0.15) is 24.1 Å². The van der Waals surface area contributed by atoms with Gasteiger partial charge in [-0.05, 0) is 36.8 Å². The molecule has 10 heteroatoms. The molecule has 1 aromatic rings. The molecule has 0 aromatic carbocycles. The maximum Gasteiger partial charge on any atom is 0.433 e. The lowest BCUT2D eigenvalue weighted by Gasteiger charge is -2.61. The molecule has 156 valence electrons. The molecule has 2 spiro atoms. The average Bonchev–Trinajstić information content (AvgIpc) is 2.96. The fourth-order valence-electron chi connectivity index (χ4n) is 5.19. The van der Waals surface area contributed by atoms with Gasteiger partial charge < -0.3 is 19.9 Å². The molecule has 3 saturated heterocycles. The summed E-state index contributed by atoms with van der Waals surface area (Å²) < 4.78 is 42.7. The van der Waals surface area contributed by atoms with Crippen molar-refractivity contribution in [3.05, 3.63) is 29.6 Å². The van der Waals surface area contributed by atoms with Crippen LogP contribution in [0, 0.1) is 11.3 Å². The summed E-state index contributed by atoms with van der Waals surface area (Å²) in [5.74, 6) is 0.420. The lowest BCUT2D eigenvalue weighted by atomic mass is 9.56. The van der Waals surface area contributed by atoms with Crippen molar-refractivity contribution in [1.29, 1.82) is 0 Å². The van der Waals surface area contributed by atoms with Crippen molar-refractivity contribution in [2.75, 3.05) is 32.8 Å². The highest BCUT2D eigenvalue weighted by Gasteiger charge is 2.57. The van der Waals surface area contributed by atoms with Crippen LogP contribution in [0.2, 0.25) is 0 Å². The molecule has 29 heavy (non-hydrogen) atoms. The van der Waals surface area contributed by atoms with Gasteiger partial charge in [0.1, 0.15) is 17.8 Å². The Kier molecular flexibility index (Phi) is 3.82. The van der Waals surface area contributed by atoms with Crippen molar-refractivity contribution < 1.29 is 27.5 Å². The minimum atomic E-state index is -4.41. The normalized spacial score (nSPS) is 24.6. The predicted octanol–water partition coefficient (Wildman–Crippen LogP) is 2.27. The minimum Gasteiger partial charge on any atom is -0.447 e. The maximum absolute atomic E-state index is 12.6. The van der Waals surface area contributed by atoms with E-state index in [1.807, 2.05) is 4.90 Å². The summed E-state index contributed by atoms with van der Waals surface area (Å²) in [7, 11) is 0. The molecule has 1 aromatic heterocycles. The largest absolute Gasteiger partial charge is 0.447 e. The number of aromatic nitrogens is 1. The van der Waals surface area contributed by atoms with Crippen LogP contribution in [0.15, 0.2) is 18.3 Å². The lowest BCUT2D eigenvalue weighted by Crippen LogP contribution is -2.74. The Morgan fingerprint density at radius 3 is 2.45 bits per heavy atom. The van der Waals surface area contributed by atoms with Crippen LogP contribution in [0.3, 0.4) is 0 Å². The number of rotatable bonds is 2. The zero-order chi connectivity index (χ0) is 20.4. The molecule has 7 nitrogen and oxygen atoms in total. The third kappa shape index (κ3) is 3.18. The van der Waals surface area contributed by atoms with E-state index in [9.17, 15) is 22.8 Å². The first-order chi connectivity index (χ1) is 13.7. The van der Waals surface area contributed by atoms with Gasteiger partial charge >= 0.3 is 18.3 Å². The van der Waals surface area contributed by atoms with Crippen LogP contribution in [-0.2, 0) is 17.3 Å². The van der Waals surface area contributed by atoms with Crippen LogP contribution in [0.5, 0.6) is 0 Å². The number of halogens is 3. The van der Waals surface area contributed by atoms with Crippen LogP contribution in [0.25, 0.3) is 0 Å². The quantitative estimate of drug-likeness (QED) is 0.812. The third-order valence-electron chi connectivity index (χ3n) is 6.51. The third-order valence-corrected chi connectivity index (χ3v) is 6.51. The van der Waals surface area contributed by atoms with Gasteiger partial charge in [0.2, 0.25) is 0 Å². The standard InChI is InChI=1S/C19H21F3N4O3/c20-19(21,22)14-2-1-12(6-23-14)3-13-4-17(5-13)7-25(8-17)16(28)26-9-18(10-26)11-29-15(27)24-18/h1-2,6,13H,3-5,7-11H2,(H,24,27). The molecule has 4 aliphatic rings. The Morgan fingerprint density at radius 2 is 1.90 bits per heavy atom. The van der Waals surface area contributed by atoms with Crippen LogP contribution < -0.4 is 5.32 Å². The summed E-state index contributed by atoms with van der Waals surface area (Å²) in [6, 6.07) is 2.53. The molecular weight excluding hydrogens is 389 g/mol. The van der Waals surface area contributed by atoms with Gasteiger partial charge in [-0.2, -0.15) is 13.2 Å². The molecule has 0 radical (unpaired) electrons. The predicted molar refractivity (Wildman–Crippen MR) is 93.9 cm³/mol. The van der Waals surface area contributed by atoms with Crippen molar-refractivity contribution in [3.63, 3.8) is 0 Å². The molecule has 0 atom stereocenters. The van der Waals surface area contributed by atoms with Crippen LogP contribution in [0.4, 0.5) is 22.8 Å².